The molecule has 0 radical (unpaired) electrons. The van der Waals surface area contributed by atoms with Gasteiger partial charge in [-0.3, -0.25) is 4.79 Å². The SMILES string of the molecule is CN(C)CC(C)(O)CNC(=O)c1cccc(F)c1. The van der Waals surface area contributed by atoms with Gasteiger partial charge in [0.1, 0.15) is 5.82 Å². The number of benzene rings is 1. The number of likely N-dealkylation sites (N-methyl/N-ethyl adjacent to an activating group) is 1. The number of hydrogen-bond donors (Lipinski definition) is 2. The maximum Gasteiger partial charge on any atom is 0.251 e. The monoisotopic (exact) mass is 254 g/mol. The van der Waals surface area contributed by atoms with Crippen molar-refractivity contribution in [1.29, 1.82) is 0 Å². The lowest BCUT2D eigenvalue weighted by atomic mass is 10.1. The summed E-state index contributed by atoms with van der Waals surface area (Å²) in [6, 6.07) is 5.44. The summed E-state index contributed by atoms with van der Waals surface area (Å²) >= 11 is 0. The number of amides is 1. The lowest BCUT2D eigenvalue weighted by Gasteiger charge is -2.27. The van der Waals surface area contributed by atoms with Crippen LogP contribution in [0.4, 0.5) is 4.39 Å². The number of carbonyl (C=O) groups excluding carboxylic acids is 1. The molecule has 4 nitrogen and oxygen atoms in total. The second kappa shape index (κ2) is 5.93. The molecule has 0 bridgehead atoms. The zero-order chi connectivity index (χ0) is 13.8. The van der Waals surface area contributed by atoms with E-state index in [9.17, 15) is 14.3 Å². The van der Waals surface area contributed by atoms with Crippen LogP contribution in [-0.2, 0) is 0 Å². The highest BCUT2D eigenvalue weighted by Crippen LogP contribution is 2.06. The van der Waals surface area contributed by atoms with E-state index in [-0.39, 0.29) is 12.1 Å². The second-order valence-electron chi connectivity index (χ2n) is 4.93. The highest BCUT2D eigenvalue weighted by Gasteiger charge is 2.22. The molecule has 5 heteroatoms. The zero-order valence-electron chi connectivity index (χ0n) is 10.9. The van der Waals surface area contributed by atoms with Gasteiger partial charge in [0, 0.05) is 18.7 Å². The molecule has 0 heterocycles. The Morgan fingerprint density at radius 2 is 2.17 bits per heavy atom. The number of nitrogens with zero attached hydrogens (tertiary/aromatic N) is 1. The van der Waals surface area contributed by atoms with Crippen molar-refractivity contribution in [2.45, 2.75) is 12.5 Å². The molecule has 0 saturated heterocycles. The Kier molecular flexibility index (Phi) is 4.81. The summed E-state index contributed by atoms with van der Waals surface area (Å²) in [7, 11) is 3.67. The van der Waals surface area contributed by atoms with Gasteiger partial charge in [-0.05, 0) is 39.2 Å². The van der Waals surface area contributed by atoms with Crippen molar-refractivity contribution in [1.82, 2.24) is 10.2 Å². The Hall–Kier alpha value is -1.46. The summed E-state index contributed by atoms with van der Waals surface area (Å²) in [5, 5.41) is 12.6. The van der Waals surface area contributed by atoms with E-state index in [1.807, 2.05) is 19.0 Å². The third-order valence-electron chi connectivity index (χ3n) is 2.37. The molecule has 1 amide bonds. The number of hydrogen-bond acceptors (Lipinski definition) is 3. The van der Waals surface area contributed by atoms with Gasteiger partial charge in [-0.1, -0.05) is 6.07 Å². The van der Waals surface area contributed by atoms with E-state index in [0.717, 1.165) is 6.07 Å². The quantitative estimate of drug-likeness (QED) is 0.819. The van der Waals surface area contributed by atoms with Crippen LogP contribution in [0.2, 0.25) is 0 Å². The first-order valence-corrected chi connectivity index (χ1v) is 5.71. The first-order chi connectivity index (χ1) is 8.30. The van der Waals surface area contributed by atoms with Gasteiger partial charge in [-0.25, -0.2) is 4.39 Å². The van der Waals surface area contributed by atoms with E-state index in [1.54, 1.807) is 6.92 Å². The molecule has 1 unspecified atom stereocenters. The van der Waals surface area contributed by atoms with E-state index in [4.69, 9.17) is 0 Å². The number of nitrogens with one attached hydrogen (secondary N) is 1. The average Bonchev–Trinajstić information content (AvgIpc) is 2.24. The van der Waals surface area contributed by atoms with Gasteiger partial charge >= 0.3 is 0 Å². The molecule has 1 rings (SSSR count). The molecule has 0 aliphatic heterocycles. The van der Waals surface area contributed by atoms with E-state index in [2.05, 4.69) is 5.32 Å². The second-order valence-corrected chi connectivity index (χ2v) is 4.93. The summed E-state index contributed by atoms with van der Waals surface area (Å²) in [6.45, 7) is 2.18. The molecular weight excluding hydrogens is 235 g/mol. The summed E-state index contributed by atoms with van der Waals surface area (Å²) in [5.41, 5.74) is -0.775. The molecule has 0 saturated carbocycles. The van der Waals surface area contributed by atoms with Crippen LogP contribution < -0.4 is 5.32 Å². The van der Waals surface area contributed by atoms with Crippen molar-refractivity contribution in [2.24, 2.45) is 0 Å². The highest BCUT2D eigenvalue weighted by atomic mass is 19.1. The van der Waals surface area contributed by atoms with E-state index in [0.29, 0.717) is 6.54 Å². The standard InChI is InChI=1S/C13H19FN2O2/c1-13(18,9-16(2)3)8-15-12(17)10-5-4-6-11(14)7-10/h4-7,18H,8-9H2,1-3H3,(H,15,17). The van der Waals surface area contributed by atoms with Crippen LogP contribution in [0.3, 0.4) is 0 Å². The fraction of sp³-hybridized carbons (Fsp3) is 0.462. The minimum absolute atomic E-state index is 0.112. The van der Waals surface area contributed by atoms with Crippen molar-refractivity contribution in [3.05, 3.63) is 35.6 Å². The van der Waals surface area contributed by atoms with Crippen molar-refractivity contribution in [3.8, 4) is 0 Å². The summed E-state index contributed by atoms with van der Waals surface area (Å²) in [5.74, 6) is -0.851. The number of aliphatic hydroxyl groups is 1. The Labute approximate surface area is 106 Å². The van der Waals surface area contributed by atoms with Gasteiger partial charge in [-0.15, -0.1) is 0 Å². The molecule has 100 valence electrons. The van der Waals surface area contributed by atoms with Crippen molar-refractivity contribution >= 4 is 5.91 Å². The number of halogens is 1. The largest absolute Gasteiger partial charge is 0.387 e. The predicted octanol–water partition coefficient (Wildman–Crippen LogP) is 0.868. The summed E-state index contributed by atoms with van der Waals surface area (Å²) in [6.07, 6.45) is 0. The van der Waals surface area contributed by atoms with Gasteiger partial charge in [-0.2, -0.15) is 0 Å². The maximum atomic E-state index is 12.9. The van der Waals surface area contributed by atoms with Gasteiger partial charge in [0.25, 0.3) is 5.91 Å². The van der Waals surface area contributed by atoms with E-state index < -0.39 is 17.3 Å². The average molecular weight is 254 g/mol. The zero-order valence-corrected chi connectivity index (χ0v) is 10.9. The van der Waals surface area contributed by atoms with E-state index in [1.165, 1.54) is 18.2 Å². The molecule has 1 aromatic carbocycles. The molecule has 1 atom stereocenters. The first kappa shape index (κ1) is 14.6. The molecule has 18 heavy (non-hydrogen) atoms. The Morgan fingerprint density at radius 1 is 1.50 bits per heavy atom. The Bertz CT molecular complexity index is 419. The molecule has 0 aromatic heterocycles. The minimum Gasteiger partial charge on any atom is -0.387 e. The van der Waals surface area contributed by atoms with Gasteiger partial charge in [0.15, 0.2) is 0 Å². The molecule has 0 aliphatic carbocycles. The minimum atomic E-state index is -1.02. The van der Waals surface area contributed by atoms with Crippen molar-refractivity contribution < 1.29 is 14.3 Å². The third kappa shape index (κ3) is 4.81. The Morgan fingerprint density at radius 3 is 2.72 bits per heavy atom. The summed E-state index contributed by atoms with van der Waals surface area (Å²) in [4.78, 5) is 13.6. The molecule has 2 N–H and O–H groups in total. The number of rotatable bonds is 5. The van der Waals surface area contributed by atoms with E-state index >= 15 is 0 Å². The van der Waals surface area contributed by atoms with Gasteiger partial charge in [0.2, 0.25) is 0 Å². The van der Waals surface area contributed by atoms with Crippen LogP contribution in [0.1, 0.15) is 17.3 Å². The van der Waals surface area contributed by atoms with Crippen LogP contribution in [0.25, 0.3) is 0 Å². The van der Waals surface area contributed by atoms with Crippen LogP contribution in [-0.4, -0.2) is 48.7 Å². The van der Waals surface area contributed by atoms with Crippen molar-refractivity contribution in [3.63, 3.8) is 0 Å². The lowest BCUT2D eigenvalue weighted by Crippen LogP contribution is -2.47. The first-order valence-electron chi connectivity index (χ1n) is 5.71. The van der Waals surface area contributed by atoms with Crippen LogP contribution in [0.5, 0.6) is 0 Å². The van der Waals surface area contributed by atoms with Gasteiger partial charge in [0.05, 0.1) is 5.60 Å². The van der Waals surface area contributed by atoms with Crippen LogP contribution >= 0.6 is 0 Å². The molecule has 0 aliphatic rings. The molecule has 0 spiro atoms. The molecule has 1 aromatic rings. The Balaban J connectivity index is 2.56. The normalized spacial score (nSPS) is 14.3. The predicted molar refractivity (Wildman–Crippen MR) is 67.9 cm³/mol. The van der Waals surface area contributed by atoms with Gasteiger partial charge < -0.3 is 15.3 Å². The smallest absolute Gasteiger partial charge is 0.251 e. The third-order valence-corrected chi connectivity index (χ3v) is 2.37. The maximum absolute atomic E-state index is 12.9. The molecular formula is C13H19FN2O2. The van der Waals surface area contributed by atoms with Crippen LogP contribution in [0, 0.1) is 5.82 Å². The number of carbonyl (C=O) groups is 1. The highest BCUT2D eigenvalue weighted by molar-refractivity contribution is 5.94. The topological polar surface area (TPSA) is 52.6 Å². The molecule has 0 fully saturated rings. The lowest BCUT2D eigenvalue weighted by molar-refractivity contribution is 0.0326. The fourth-order valence-electron chi connectivity index (χ4n) is 1.74. The fourth-order valence-corrected chi connectivity index (χ4v) is 1.74. The van der Waals surface area contributed by atoms with Crippen molar-refractivity contribution in [2.75, 3.05) is 27.2 Å². The summed E-state index contributed by atoms with van der Waals surface area (Å²) < 4.78 is 12.9. The van der Waals surface area contributed by atoms with Crippen LogP contribution in [0.15, 0.2) is 24.3 Å².